The summed E-state index contributed by atoms with van der Waals surface area (Å²) < 4.78 is 5.95. The first-order valence-electron chi connectivity index (χ1n) is 27.9. The predicted octanol–water partition coefficient (Wildman–Crippen LogP) is 17.0. The minimum Gasteiger partial charge on any atom is -0.462 e. The van der Waals surface area contributed by atoms with E-state index < -0.39 is 18.2 Å². The SMILES string of the molecule is CCCCC/C=C/C=C/C=C/C=C/CCCCCCCC(=O)OC(CCCCCCCCCCCCCCCCCCC)CC(=O)NC(CO)C(O)CCCCCCCCCCCC. The maximum absolute atomic E-state index is 13.2. The molecule has 0 aliphatic heterocycles. The van der Waals surface area contributed by atoms with Crippen LogP contribution in [0.3, 0.4) is 0 Å². The van der Waals surface area contributed by atoms with E-state index in [4.69, 9.17) is 4.74 Å². The number of amides is 1. The summed E-state index contributed by atoms with van der Waals surface area (Å²) in [6.07, 6.45) is 63.1. The van der Waals surface area contributed by atoms with Gasteiger partial charge in [0.1, 0.15) is 6.10 Å². The van der Waals surface area contributed by atoms with Gasteiger partial charge in [-0.15, -0.1) is 0 Å². The Morgan fingerprint density at radius 2 is 0.797 bits per heavy atom. The van der Waals surface area contributed by atoms with Crippen LogP contribution >= 0.6 is 0 Å². The number of allylic oxidation sites excluding steroid dienone is 8. The summed E-state index contributed by atoms with van der Waals surface area (Å²) in [4.78, 5) is 26.2. The lowest BCUT2D eigenvalue weighted by atomic mass is 10.0. The number of ether oxygens (including phenoxy) is 1. The van der Waals surface area contributed by atoms with Gasteiger partial charge in [-0.25, -0.2) is 0 Å². The average molecular weight is 898 g/mol. The smallest absolute Gasteiger partial charge is 0.306 e. The Morgan fingerprint density at radius 3 is 1.23 bits per heavy atom. The molecule has 0 rings (SSSR count). The van der Waals surface area contributed by atoms with Crippen molar-refractivity contribution in [2.75, 3.05) is 6.61 Å². The third-order valence-corrected chi connectivity index (χ3v) is 12.8. The molecule has 0 saturated carbocycles. The number of carbonyl (C=O) groups is 2. The van der Waals surface area contributed by atoms with Crippen LogP contribution in [0.15, 0.2) is 48.6 Å². The lowest BCUT2D eigenvalue weighted by molar-refractivity contribution is -0.151. The van der Waals surface area contributed by atoms with Crippen molar-refractivity contribution in [3.05, 3.63) is 48.6 Å². The second kappa shape index (κ2) is 51.8. The van der Waals surface area contributed by atoms with Gasteiger partial charge in [-0.05, 0) is 51.4 Å². The van der Waals surface area contributed by atoms with E-state index >= 15 is 0 Å². The average Bonchev–Trinajstić information content (AvgIpc) is 3.29. The first kappa shape index (κ1) is 61.8. The second-order valence-electron chi connectivity index (χ2n) is 19.1. The highest BCUT2D eigenvalue weighted by Gasteiger charge is 2.24. The summed E-state index contributed by atoms with van der Waals surface area (Å²) in [5.41, 5.74) is 0. The number of hydrogen-bond acceptors (Lipinski definition) is 5. The third-order valence-electron chi connectivity index (χ3n) is 12.8. The predicted molar refractivity (Wildman–Crippen MR) is 278 cm³/mol. The standard InChI is InChI=1S/C58H107NO5/c1-4-7-10-13-16-19-22-24-26-28-30-32-34-36-39-42-45-48-51-58(63)64-54(49-46-43-40-37-35-33-31-29-27-25-23-20-17-14-11-8-5-2)52-57(62)59-55(53-60)56(61)50-47-44-41-38-21-18-15-12-9-6-3/h16,19,22,24,26,28,30,32,54-56,60-61H,4-15,17-18,20-21,23,25,27,29,31,33-53H2,1-3H3,(H,59,62)/b19-16+,24-22+,28-26+,32-30+. The summed E-state index contributed by atoms with van der Waals surface area (Å²) in [5.74, 6) is -0.488. The number of esters is 1. The summed E-state index contributed by atoms with van der Waals surface area (Å²) in [7, 11) is 0. The number of aliphatic hydroxyl groups excluding tert-OH is 2. The first-order chi connectivity index (χ1) is 31.5. The molecule has 0 saturated heterocycles. The molecule has 6 heteroatoms. The molecule has 0 radical (unpaired) electrons. The fraction of sp³-hybridized carbons (Fsp3) is 0.828. The molecule has 374 valence electrons. The van der Waals surface area contributed by atoms with Crippen LogP contribution in [0.5, 0.6) is 0 Å². The summed E-state index contributed by atoms with van der Waals surface area (Å²) in [5, 5.41) is 23.8. The van der Waals surface area contributed by atoms with Gasteiger partial charge in [-0.1, -0.05) is 268 Å². The molecule has 0 aromatic carbocycles. The van der Waals surface area contributed by atoms with Crippen molar-refractivity contribution in [2.24, 2.45) is 0 Å². The number of carbonyl (C=O) groups excluding carboxylic acids is 2. The Bertz CT molecular complexity index is 1100. The van der Waals surface area contributed by atoms with Crippen LogP contribution in [0.4, 0.5) is 0 Å². The zero-order valence-electron chi connectivity index (χ0n) is 42.7. The highest BCUT2D eigenvalue weighted by atomic mass is 16.5. The van der Waals surface area contributed by atoms with Gasteiger partial charge in [-0.2, -0.15) is 0 Å². The highest BCUT2D eigenvalue weighted by Crippen LogP contribution is 2.18. The molecule has 0 spiro atoms. The monoisotopic (exact) mass is 898 g/mol. The molecule has 6 nitrogen and oxygen atoms in total. The minimum absolute atomic E-state index is 0.0707. The normalized spacial score (nSPS) is 13.5. The highest BCUT2D eigenvalue weighted by molar-refractivity contribution is 5.77. The van der Waals surface area contributed by atoms with Crippen LogP contribution in [0, 0.1) is 0 Å². The van der Waals surface area contributed by atoms with Crippen molar-refractivity contribution in [3.8, 4) is 0 Å². The summed E-state index contributed by atoms with van der Waals surface area (Å²) in [6.45, 7) is 6.45. The molecule has 3 unspecified atom stereocenters. The number of nitrogens with one attached hydrogen (secondary N) is 1. The van der Waals surface area contributed by atoms with Gasteiger partial charge in [0.25, 0.3) is 0 Å². The first-order valence-corrected chi connectivity index (χ1v) is 27.9. The molecule has 0 fully saturated rings. The van der Waals surface area contributed by atoms with Gasteiger partial charge in [0.15, 0.2) is 0 Å². The number of rotatable bonds is 50. The molecular formula is C58H107NO5. The van der Waals surface area contributed by atoms with E-state index in [1.54, 1.807) is 0 Å². The number of hydrogen-bond donors (Lipinski definition) is 3. The van der Waals surface area contributed by atoms with Crippen molar-refractivity contribution in [1.82, 2.24) is 5.32 Å². The molecule has 64 heavy (non-hydrogen) atoms. The van der Waals surface area contributed by atoms with Crippen LogP contribution < -0.4 is 5.32 Å². The van der Waals surface area contributed by atoms with Crippen molar-refractivity contribution >= 4 is 11.9 Å². The maximum Gasteiger partial charge on any atom is 0.306 e. The van der Waals surface area contributed by atoms with Gasteiger partial charge < -0.3 is 20.3 Å². The van der Waals surface area contributed by atoms with Gasteiger partial charge in [0.05, 0.1) is 25.2 Å². The molecule has 0 aromatic rings. The molecule has 0 aliphatic rings. The van der Waals surface area contributed by atoms with Crippen LogP contribution in [-0.4, -0.2) is 46.9 Å². The largest absolute Gasteiger partial charge is 0.462 e. The van der Waals surface area contributed by atoms with E-state index in [9.17, 15) is 19.8 Å². The van der Waals surface area contributed by atoms with Gasteiger partial charge in [-0.3, -0.25) is 9.59 Å². The van der Waals surface area contributed by atoms with E-state index in [2.05, 4.69) is 74.7 Å². The van der Waals surface area contributed by atoms with E-state index in [1.807, 2.05) is 0 Å². The molecular weight excluding hydrogens is 791 g/mol. The maximum atomic E-state index is 13.2. The quantitative estimate of drug-likeness (QED) is 0.0321. The molecule has 1 amide bonds. The van der Waals surface area contributed by atoms with E-state index in [-0.39, 0.29) is 24.9 Å². The molecule has 0 bridgehead atoms. The van der Waals surface area contributed by atoms with Crippen LogP contribution in [0.1, 0.15) is 284 Å². The van der Waals surface area contributed by atoms with Crippen molar-refractivity contribution < 1.29 is 24.5 Å². The van der Waals surface area contributed by atoms with E-state index in [0.717, 1.165) is 77.0 Å². The van der Waals surface area contributed by atoms with Crippen LogP contribution in [0.2, 0.25) is 0 Å². The summed E-state index contributed by atoms with van der Waals surface area (Å²) in [6, 6.07) is -0.704. The minimum atomic E-state index is -0.790. The Morgan fingerprint density at radius 1 is 0.453 bits per heavy atom. The van der Waals surface area contributed by atoms with Crippen molar-refractivity contribution in [3.63, 3.8) is 0 Å². The topological polar surface area (TPSA) is 95.9 Å². The van der Waals surface area contributed by atoms with Gasteiger partial charge in [0, 0.05) is 6.42 Å². The number of aliphatic hydroxyl groups is 2. The summed E-state index contributed by atoms with van der Waals surface area (Å²) >= 11 is 0. The van der Waals surface area contributed by atoms with Crippen molar-refractivity contribution in [2.45, 2.75) is 302 Å². The van der Waals surface area contributed by atoms with Crippen molar-refractivity contribution in [1.29, 1.82) is 0 Å². The van der Waals surface area contributed by atoms with Crippen LogP contribution in [0.25, 0.3) is 0 Å². The zero-order valence-corrected chi connectivity index (χ0v) is 42.7. The molecule has 0 heterocycles. The molecule has 3 atom stereocenters. The lowest BCUT2D eigenvalue weighted by Crippen LogP contribution is -2.46. The Kier molecular flexibility index (Phi) is 50.0. The molecule has 0 aromatic heterocycles. The van der Waals surface area contributed by atoms with Crippen LogP contribution in [-0.2, 0) is 14.3 Å². The van der Waals surface area contributed by atoms with Gasteiger partial charge in [0.2, 0.25) is 5.91 Å². The second-order valence-corrected chi connectivity index (χ2v) is 19.1. The zero-order chi connectivity index (χ0) is 46.7. The fourth-order valence-corrected chi connectivity index (χ4v) is 8.50. The Labute approximate surface area is 397 Å². The van der Waals surface area contributed by atoms with E-state index in [0.29, 0.717) is 19.3 Å². The molecule has 0 aliphatic carbocycles. The number of unbranched alkanes of at least 4 members (excludes halogenated alkanes) is 33. The Hall–Kier alpha value is -2.18. The van der Waals surface area contributed by atoms with E-state index in [1.165, 1.54) is 161 Å². The third kappa shape index (κ3) is 46.4. The Balaban J connectivity index is 4.59. The lowest BCUT2D eigenvalue weighted by Gasteiger charge is -2.24. The fourth-order valence-electron chi connectivity index (χ4n) is 8.50. The van der Waals surface area contributed by atoms with Gasteiger partial charge >= 0.3 is 5.97 Å². The molecule has 3 N–H and O–H groups in total.